The van der Waals surface area contributed by atoms with Gasteiger partial charge in [0.05, 0.1) is 39.1 Å². The fourth-order valence-corrected chi connectivity index (χ4v) is 15.7. The summed E-state index contributed by atoms with van der Waals surface area (Å²) >= 11 is 0. The van der Waals surface area contributed by atoms with Gasteiger partial charge in [0.2, 0.25) is 0 Å². The van der Waals surface area contributed by atoms with Gasteiger partial charge < -0.3 is 82.8 Å². The largest absolute Gasteiger partial charge is 2.00 e. The first-order valence-electron chi connectivity index (χ1n) is 34.2. The maximum Gasteiger partial charge on any atom is 2.00 e. The molecule has 1 saturated carbocycles. The third-order valence-corrected chi connectivity index (χ3v) is 21.7. The molecule has 0 aromatic carbocycles. The van der Waals surface area contributed by atoms with Crippen molar-refractivity contribution in [2.24, 2.45) is 23.1 Å². The van der Waals surface area contributed by atoms with Crippen LogP contribution in [0.25, 0.3) is 0 Å². The van der Waals surface area contributed by atoms with E-state index in [1.54, 1.807) is 17.7 Å². The van der Waals surface area contributed by atoms with Crippen LogP contribution in [0.4, 0.5) is 0 Å². The Balaban J connectivity index is 0.000000858. The molecule has 110 heavy (non-hydrogen) atoms. The number of H-pyrrole nitrogens is 4. The number of rotatable bonds is 31. The van der Waals surface area contributed by atoms with E-state index >= 15 is 0 Å². The Morgan fingerprint density at radius 3 is 1.15 bits per heavy atom. The van der Waals surface area contributed by atoms with Crippen molar-refractivity contribution in [1.82, 2.24) is 47.8 Å². The molecule has 0 bridgehead atoms. The van der Waals surface area contributed by atoms with Crippen molar-refractivity contribution < 1.29 is 132 Å². The molecule has 1 aliphatic carbocycles. The van der Waals surface area contributed by atoms with Gasteiger partial charge >= 0.3 is 75.1 Å². The minimum Gasteiger partial charge on any atom is -1.00 e. The first kappa shape index (κ1) is 95.1. The average molecular weight is 1850 g/mol. The summed E-state index contributed by atoms with van der Waals surface area (Å²) in [5.74, 6) is 0.574. The topological polar surface area (TPSA) is 631 Å². The van der Waals surface area contributed by atoms with E-state index in [1.807, 2.05) is 0 Å². The smallest absolute Gasteiger partial charge is 1.00 e. The summed E-state index contributed by atoms with van der Waals surface area (Å²) in [4.78, 5) is 179. The van der Waals surface area contributed by atoms with Crippen LogP contribution < -0.4 is 90.8 Å². The zero-order valence-electron chi connectivity index (χ0n) is 60.8. The molecule has 0 radical (unpaired) electrons. The third-order valence-electron chi connectivity index (χ3n) is 17.6. The van der Waals surface area contributed by atoms with Crippen molar-refractivity contribution >= 4 is 31.3 Å². The Bertz CT molecular complexity index is 4720. The standard InChI is InChI=1S/C46H67N9O29P4.C12H18N2O2.2CH5N.ClH.Pt/c1-23-15-52(43(61)48-39(23)57)35-11-27(56)31(78-35)19-75-86(67,68)82-29-13-37(54-17-25(3)41(59)50-45(54)63)80-33(29)21-77-88(71,72)84-30-14-38(55-18-26(4)42(60)51-46(55)64)81-34(30)22-76-87(69,70)83-28-12-36(53-16-24(2)40(58)49-44(53)62)79-32(28)20-74-85(65,66)73-10-8-6-5-7-9-47;1-9-7-14(12(16)13-11(9)15)8-10-5-3-2-4-6-10;2*1-2;;/h15-18,27-38,56H,5-14,19-22,47H2,1-4H3,(H,65,66)(H,67,68)(H,69,70)(H,71,72)(H,48,57,61)(H,49,58,62)(H,50,59,63)(H,51,60,64);7,10H,2-6,8H2,1H3,(H,13,15,16);2*2H2,1H3;1H;/q;;;;;+2/p-2/t27-,28-,29-,30-,31+,32+,33+,34+,35+,36+,37+,38+;;;;;/m0...../s1. The van der Waals surface area contributed by atoms with Crippen LogP contribution in [0.15, 0.2) is 78.9 Å². The van der Waals surface area contributed by atoms with Crippen molar-refractivity contribution in [3.63, 3.8) is 0 Å². The molecule has 4 aliphatic heterocycles. The molecule has 0 amide bonds. The zero-order chi connectivity index (χ0) is 79.8. The number of ether oxygens (including phenoxy) is 4. The number of hydrogen-bond acceptors (Lipinski definition) is 30. The Morgan fingerprint density at radius 2 is 0.791 bits per heavy atom. The van der Waals surface area contributed by atoms with E-state index in [1.165, 1.54) is 80.1 Å². The second kappa shape index (κ2) is 42.7. The number of aliphatic hydroxyl groups excluding tert-OH is 1. The van der Waals surface area contributed by atoms with Crippen LogP contribution in [0.3, 0.4) is 0 Å². The number of nitrogens with zero attached hydrogens (tertiary/aromatic N) is 6. The number of nitrogens with two attached hydrogens (primary N) is 3. The summed E-state index contributed by atoms with van der Waals surface area (Å²) in [5.41, 5.74) is 7.67. The van der Waals surface area contributed by atoms with Crippen molar-refractivity contribution in [2.75, 3.05) is 53.7 Å². The number of phosphoric ester groups is 4. The molecule has 4 unspecified atom stereocenters. The van der Waals surface area contributed by atoms with E-state index < -0.39 is 207 Å². The van der Waals surface area contributed by atoms with Crippen molar-refractivity contribution in [3.8, 4) is 0 Å². The molecule has 44 nitrogen and oxygen atoms in total. The van der Waals surface area contributed by atoms with Gasteiger partial charge in [-0.2, -0.15) is 0 Å². The molecule has 5 aromatic heterocycles. The fourth-order valence-electron chi connectivity index (χ4n) is 12.1. The molecule has 15 N–H and O–H groups in total. The quantitative estimate of drug-likeness (QED) is 0.0150. The summed E-state index contributed by atoms with van der Waals surface area (Å²) in [6.07, 6.45) is -5.01. The predicted octanol–water partition coefficient (Wildman–Crippen LogP) is -3.70. The summed E-state index contributed by atoms with van der Waals surface area (Å²) in [6, 6.07) is 0. The summed E-state index contributed by atoms with van der Waals surface area (Å²) in [7, 11) is -18.0. The Hall–Kier alpha value is -5.50. The van der Waals surface area contributed by atoms with Crippen LogP contribution in [0.1, 0.15) is 136 Å². The molecule has 16 atom stereocenters. The predicted molar refractivity (Wildman–Crippen MR) is 377 cm³/mol. The number of unbranched alkanes of at least 4 members (excludes halogenated alkanes) is 3. The Morgan fingerprint density at radius 1 is 0.464 bits per heavy atom. The van der Waals surface area contributed by atoms with Gasteiger partial charge in [-0.25, -0.2) is 37.4 Å². The number of aliphatic hydroxyl groups is 1. The van der Waals surface area contributed by atoms with E-state index in [2.05, 4.69) is 36.4 Å². The van der Waals surface area contributed by atoms with E-state index in [9.17, 15) is 90.9 Å². The molecule has 10 rings (SSSR count). The van der Waals surface area contributed by atoms with Gasteiger partial charge in [0, 0.05) is 72.7 Å². The third kappa shape index (κ3) is 26.8. The van der Waals surface area contributed by atoms with E-state index in [4.69, 9.17) is 60.9 Å². The van der Waals surface area contributed by atoms with Crippen molar-refractivity contribution in [3.05, 3.63) is 163 Å². The van der Waals surface area contributed by atoms with E-state index in [0.717, 1.165) is 49.7 Å². The average Bonchev–Trinajstić information content (AvgIpc) is 1.66. The van der Waals surface area contributed by atoms with Crippen LogP contribution in [0.5, 0.6) is 0 Å². The Labute approximate surface area is 645 Å². The SMILES string of the molecule is CN.CN.Cc1cn(CC2CCCCC2)c(=O)[n-]c1=O.Cc1cn([C@H]2C[C@H](OP(=O)(O)OC[C@H]3O[C@@H](n4cc(C)c(=O)[nH]c4=O)C[C@@H]3OP(=O)(O)OC[C@H]3O[C@@H](n4cc(C)c(=O)[nH]c4=O)C[C@@H]3OP(=O)(O)OC[C@H]3O[C@@H](n4cc(C)c(=O)[nH]c4=O)C[C@@H]3O)[C@@H](COP(=O)(O)OCCCCCCN)O2)c(=O)[nH]c1=O.[Cl-].[Pt+2]. The summed E-state index contributed by atoms with van der Waals surface area (Å²) < 4.78 is 126. The first-order chi connectivity index (χ1) is 51.0. The van der Waals surface area contributed by atoms with Gasteiger partial charge in [0.15, 0.2) is 11.2 Å². The molecule has 4 saturated heterocycles. The number of halogens is 1. The van der Waals surface area contributed by atoms with Gasteiger partial charge in [0.25, 0.3) is 22.2 Å². The minimum absolute atomic E-state index is 0. The normalized spacial score (nSPS) is 25.3. The molecule has 50 heteroatoms. The number of hydrogen-bond donors (Lipinski definition) is 12. The monoisotopic (exact) mass is 1850 g/mol. The van der Waals surface area contributed by atoms with Crippen LogP contribution in [-0.2, 0) is 101 Å². The zero-order valence-corrected chi connectivity index (χ0v) is 67.4. The maximum absolute atomic E-state index is 14.0. The summed E-state index contributed by atoms with van der Waals surface area (Å²) in [5, 5.41) is 10.7. The van der Waals surface area contributed by atoms with Gasteiger partial charge in [-0.15, -0.1) is 0 Å². The molecule has 5 aliphatic rings. The number of aromatic amines is 4. The van der Waals surface area contributed by atoms with E-state index in [-0.39, 0.29) is 68.8 Å². The minimum atomic E-state index is -5.51. The first-order valence-corrected chi connectivity index (χ1v) is 40.2. The second-order valence-electron chi connectivity index (χ2n) is 25.6. The van der Waals surface area contributed by atoms with Gasteiger partial charge in [-0.3, -0.25) is 103 Å². The number of aryl methyl sites for hydroxylation is 5. The molecule has 5 aromatic rings. The van der Waals surface area contributed by atoms with Crippen LogP contribution in [0, 0.1) is 40.5 Å². The van der Waals surface area contributed by atoms with Gasteiger partial charge in [0.1, 0.15) is 67.6 Å². The fraction of sp³-hybridized carbons (Fsp3) is 0.667. The van der Waals surface area contributed by atoms with Crippen LogP contribution >= 0.6 is 31.3 Å². The summed E-state index contributed by atoms with van der Waals surface area (Å²) in [6.45, 7) is 4.37. The van der Waals surface area contributed by atoms with Crippen LogP contribution in [-0.4, -0.2) is 170 Å². The number of phosphoric acid groups is 4. The number of aromatic nitrogens is 10. The van der Waals surface area contributed by atoms with Gasteiger partial charge in [-0.1, -0.05) is 51.1 Å². The molecular formula is C60H94ClN13O31P4Pt. The molecule has 0 spiro atoms. The van der Waals surface area contributed by atoms with Crippen LogP contribution in [0.2, 0.25) is 0 Å². The van der Waals surface area contributed by atoms with E-state index in [0.29, 0.717) is 37.4 Å². The molecule has 9 heterocycles. The Kier molecular flexibility index (Phi) is 36.9. The van der Waals surface area contributed by atoms with Crippen molar-refractivity contribution in [1.29, 1.82) is 0 Å². The molecular weight excluding hydrogens is 1750 g/mol. The number of nitrogens with one attached hydrogen (secondary N) is 4. The second-order valence-corrected chi connectivity index (χ2v) is 31.3. The van der Waals surface area contributed by atoms with Crippen molar-refractivity contribution in [2.45, 2.75) is 198 Å². The van der Waals surface area contributed by atoms with Gasteiger partial charge in [-0.05, 0) is 86.1 Å². The molecule has 5 fully saturated rings. The maximum atomic E-state index is 14.0. The molecule has 622 valence electrons.